The van der Waals surface area contributed by atoms with E-state index in [9.17, 15) is 0 Å². The summed E-state index contributed by atoms with van der Waals surface area (Å²) in [6, 6.07) is 8.11. The van der Waals surface area contributed by atoms with Crippen molar-refractivity contribution in [2.75, 3.05) is 19.9 Å². The standard InChI is InChI=1S/C14H23NO2/c1-4-16-11-17-14-7-5-13(6-8-14)10-15-9-12(2)3/h5-8,12,15H,4,9-11H2,1-3H3. The summed E-state index contributed by atoms with van der Waals surface area (Å²) in [5.74, 6) is 1.54. The van der Waals surface area contributed by atoms with Gasteiger partial charge in [-0.25, -0.2) is 0 Å². The highest BCUT2D eigenvalue weighted by atomic mass is 16.7. The Labute approximate surface area is 104 Å². The maximum atomic E-state index is 5.40. The number of benzene rings is 1. The molecule has 0 saturated heterocycles. The van der Waals surface area contributed by atoms with E-state index in [2.05, 4.69) is 31.3 Å². The van der Waals surface area contributed by atoms with Crippen LogP contribution in [0.3, 0.4) is 0 Å². The summed E-state index contributed by atoms with van der Waals surface area (Å²) in [6.45, 7) is 9.31. The molecule has 0 amide bonds. The molecule has 0 aliphatic rings. The second-order valence-electron chi connectivity index (χ2n) is 4.42. The molecule has 0 unspecified atom stereocenters. The minimum atomic E-state index is 0.321. The summed E-state index contributed by atoms with van der Waals surface area (Å²) in [5, 5.41) is 3.41. The molecule has 96 valence electrons. The van der Waals surface area contributed by atoms with Crippen LogP contribution in [0.4, 0.5) is 0 Å². The van der Waals surface area contributed by atoms with Gasteiger partial charge in [-0.3, -0.25) is 0 Å². The van der Waals surface area contributed by atoms with Crippen LogP contribution in [0.2, 0.25) is 0 Å². The summed E-state index contributed by atoms with van der Waals surface area (Å²) >= 11 is 0. The lowest BCUT2D eigenvalue weighted by Crippen LogP contribution is -2.18. The van der Waals surface area contributed by atoms with E-state index in [0.29, 0.717) is 19.3 Å². The molecule has 0 fully saturated rings. The van der Waals surface area contributed by atoms with E-state index in [4.69, 9.17) is 9.47 Å². The Kier molecular flexibility index (Phi) is 6.67. The van der Waals surface area contributed by atoms with Gasteiger partial charge in [0.1, 0.15) is 5.75 Å². The summed E-state index contributed by atoms with van der Waals surface area (Å²) in [6.07, 6.45) is 0. The van der Waals surface area contributed by atoms with Crippen LogP contribution >= 0.6 is 0 Å². The number of rotatable bonds is 8. The van der Waals surface area contributed by atoms with Crippen LogP contribution in [-0.2, 0) is 11.3 Å². The van der Waals surface area contributed by atoms with Gasteiger partial charge in [0.15, 0.2) is 6.79 Å². The molecule has 0 heterocycles. The molecule has 0 bridgehead atoms. The number of hydrogen-bond acceptors (Lipinski definition) is 3. The second-order valence-corrected chi connectivity index (χ2v) is 4.42. The fourth-order valence-electron chi connectivity index (χ4n) is 1.40. The highest BCUT2D eigenvalue weighted by molar-refractivity contribution is 5.27. The van der Waals surface area contributed by atoms with E-state index in [-0.39, 0.29) is 0 Å². The third-order valence-electron chi connectivity index (χ3n) is 2.32. The fraction of sp³-hybridized carbons (Fsp3) is 0.571. The maximum absolute atomic E-state index is 5.40. The predicted octanol–water partition coefficient (Wildman–Crippen LogP) is 2.81. The molecule has 3 heteroatoms. The van der Waals surface area contributed by atoms with Gasteiger partial charge in [-0.2, -0.15) is 0 Å². The number of hydrogen-bond donors (Lipinski definition) is 1. The van der Waals surface area contributed by atoms with Crippen LogP contribution < -0.4 is 10.1 Å². The Morgan fingerprint density at radius 2 is 1.88 bits per heavy atom. The van der Waals surface area contributed by atoms with Crippen molar-refractivity contribution in [3.8, 4) is 5.75 Å². The van der Waals surface area contributed by atoms with Gasteiger partial charge in [0.05, 0.1) is 0 Å². The summed E-state index contributed by atoms with van der Waals surface area (Å²) < 4.78 is 10.5. The van der Waals surface area contributed by atoms with Gasteiger partial charge in [-0.1, -0.05) is 26.0 Å². The van der Waals surface area contributed by atoms with Gasteiger partial charge in [0.25, 0.3) is 0 Å². The van der Waals surface area contributed by atoms with Gasteiger partial charge in [0.2, 0.25) is 0 Å². The van der Waals surface area contributed by atoms with Crippen molar-refractivity contribution in [3.63, 3.8) is 0 Å². The van der Waals surface area contributed by atoms with Gasteiger partial charge in [-0.05, 0) is 37.1 Å². The topological polar surface area (TPSA) is 30.5 Å². The largest absolute Gasteiger partial charge is 0.468 e. The molecule has 0 aromatic heterocycles. The Hall–Kier alpha value is -1.06. The highest BCUT2D eigenvalue weighted by Gasteiger charge is 1.97. The molecule has 1 aromatic carbocycles. The smallest absolute Gasteiger partial charge is 0.189 e. The second kappa shape index (κ2) is 8.09. The first kappa shape index (κ1) is 14.0. The van der Waals surface area contributed by atoms with E-state index in [1.807, 2.05) is 19.1 Å². The zero-order chi connectivity index (χ0) is 12.5. The third-order valence-corrected chi connectivity index (χ3v) is 2.32. The molecule has 0 radical (unpaired) electrons. The van der Waals surface area contributed by atoms with E-state index < -0.39 is 0 Å². The van der Waals surface area contributed by atoms with Crippen LogP contribution in [0.25, 0.3) is 0 Å². The van der Waals surface area contributed by atoms with Crippen molar-refractivity contribution in [2.45, 2.75) is 27.3 Å². The Balaban J connectivity index is 2.29. The lowest BCUT2D eigenvalue weighted by Gasteiger charge is -2.09. The van der Waals surface area contributed by atoms with Crippen LogP contribution in [0.5, 0.6) is 5.75 Å². The van der Waals surface area contributed by atoms with E-state index in [1.165, 1.54) is 5.56 Å². The van der Waals surface area contributed by atoms with Crippen molar-refractivity contribution in [3.05, 3.63) is 29.8 Å². The predicted molar refractivity (Wildman–Crippen MR) is 70.1 cm³/mol. The highest BCUT2D eigenvalue weighted by Crippen LogP contribution is 2.12. The average molecular weight is 237 g/mol. The molecule has 0 spiro atoms. The summed E-state index contributed by atoms with van der Waals surface area (Å²) in [4.78, 5) is 0. The third kappa shape index (κ3) is 6.29. The fourth-order valence-corrected chi connectivity index (χ4v) is 1.40. The molecular formula is C14H23NO2. The maximum Gasteiger partial charge on any atom is 0.189 e. The van der Waals surface area contributed by atoms with Crippen molar-refractivity contribution < 1.29 is 9.47 Å². The van der Waals surface area contributed by atoms with Crippen LogP contribution in [-0.4, -0.2) is 19.9 Å². The molecule has 1 rings (SSSR count). The molecular weight excluding hydrogens is 214 g/mol. The van der Waals surface area contributed by atoms with Gasteiger partial charge in [0, 0.05) is 13.2 Å². The first-order valence-corrected chi connectivity index (χ1v) is 6.22. The SMILES string of the molecule is CCOCOc1ccc(CNCC(C)C)cc1. The molecule has 0 saturated carbocycles. The zero-order valence-corrected chi connectivity index (χ0v) is 11.0. The molecule has 0 aliphatic carbocycles. The molecule has 3 nitrogen and oxygen atoms in total. The average Bonchev–Trinajstić information content (AvgIpc) is 2.31. The quantitative estimate of drug-likeness (QED) is 0.557. The zero-order valence-electron chi connectivity index (χ0n) is 11.0. The minimum absolute atomic E-state index is 0.321. The van der Waals surface area contributed by atoms with Crippen LogP contribution in [0.15, 0.2) is 24.3 Å². The minimum Gasteiger partial charge on any atom is -0.468 e. The number of nitrogens with one attached hydrogen (secondary N) is 1. The van der Waals surface area contributed by atoms with Crippen LogP contribution in [0.1, 0.15) is 26.3 Å². The lowest BCUT2D eigenvalue weighted by molar-refractivity contribution is 0.0224. The van der Waals surface area contributed by atoms with Gasteiger partial charge < -0.3 is 14.8 Å². The number of ether oxygens (including phenoxy) is 2. The van der Waals surface area contributed by atoms with E-state index in [1.54, 1.807) is 0 Å². The van der Waals surface area contributed by atoms with Crippen LogP contribution in [0, 0.1) is 5.92 Å². The Morgan fingerprint density at radius 3 is 2.47 bits per heavy atom. The van der Waals surface area contributed by atoms with Crippen molar-refractivity contribution in [1.29, 1.82) is 0 Å². The molecule has 0 atom stereocenters. The van der Waals surface area contributed by atoms with Crippen molar-refractivity contribution >= 4 is 0 Å². The molecule has 1 N–H and O–H groups in total. The molecule has 0 aliphatic heterocycles. The van der Waals surface area contributed by atoms with E-state index >= 15 is 0 Å². The lowest BCUT2D eigenvalue weighted by atomic mass is 10.2. The van der Waals surface area contributed by atoms with Crippen molar-refractivity contribution in [2.24, 2.45) is 5.92 Å². The summed E-state index contributed by atoms with van der Waals surface area (Å²) in [7, 11) is 0. The first-order valence-electron chi connectivity index (χ1n) is 6.22. The molecule has 1 aromatic rings. The van der Waals surface area contributed by atoms with Gasteiger partial charge >= 0.3 is 0 Å². The van der Waals surface area contributed by atoms with E-state index in [0.717, 1.165) is 18.8 Å². The van der Waals surface area contributed by atoms with Gasteiger partial charge in [-0.15, -0.1) is 0 Å². The molecule has 17 heavy (non-hydrogen) atoms. The Bertz CT molecular complexity index is 296. The monoisotopic (exact) mass is 237 g/mol. The van der Waals surface area contributed by atoms with Crippen molar-refractivity contribution in [1.82, 2.24) is 5.32 Å². The normalized spacial score (nSPS) is 10.8. The first-order chi connectivity index (χ1) is 8.22. The Morgan fingerprint density at radius 1 is 1.18 bits per heavy atom. The summed E-state index contributed by atoms with van der Waals surface area (Å²) in [5.41, 5.74) is 1.27.